The van der Waals surface area contributed by atoms with E-state index in [1.807, 2.05) is 35.0 Å². The van der Waals surface area contributed by atoms with Gasteiger partial charge >= 0.3 is 0 Å². The average molecular weight is 327 g/mol. The summed E-state index contributed by atoms with van der Waals surface area (Å²) in [5, 5.41) is 15.9. The minimum Gasteiger partial charge on any atom is -0.371 e. The molecule has 0 spiro atoms. The van der Waals surface area contributed by atoms with Gasteiger partial charge in [-0.05, 0) is 35.7 Å². The molecule has 5 rings (SSSR count). The maximum atomic E-state index is 6.07. The Morgan fingerprint density at radius 3 is 2.75 bits per heavy atom. The number of hydrogen-bond acceptors (Lipinski definition) is 6. The molecule has 0 radical (unpaired) electrons. The maximum Gasteiger partial charge on any atom is 0.182 e. The molecule has 2 aliphatic heterocycles. The second kappa shape index (κ2) is 5.91. The Balaban J connectivity index is 1.35. The van der Waals surface area contributed by atoms with Crippen LogP contribution in [0.4, 0.5) is 0 Å². The van der Waals surface area contributed by atoms with Crippen LogP contribution in [0.5, 0.6) is 0 Å². The smallest absolute Gasteiger partial charge is 0.182 e. The van der Waals surface area contributed by atoms with E-state index in [9.17, 15) is 0 Å². The van der Waals surface area contributed by atoms with E-state index < -0.39 is 0 Å². The van der Waals surface area contributed by atoms with Crippen LogP contribution >= 0.6 is 0 Å². The zero-order valence-corrected chi connectivity index (χ0v) is 13.4. The van der Waals surface area contributed by atoms with E-state index in [2.05, 4.69) is 20.8 Å². The number of ether oxygens (including phenoxy) is 2. The first-order chi connectivity index (χ1) is 11.9. The van der Waals surface area contributed by atoms with Gasteiger partial charge in [-0.15, -0.1) is 5.10 Å². The van der Waals surface area contributed by atoms with Gasteiger partial charge in [-0.25, -0.2) is 4.68 Å². The predicted molar refractivity (Wildman–Crippen MR) is 86.3 cm³/mol. The zero-order chi connectivity index (χ0) is 15.9. The van der Waals surface area contributed by atoms with Crippen LogP contribution in [0.25, 0.3) is 11.4 Å². The molecule has 4 atom stereocenters. The highest BCUT2D eigenvalue weighted by Gasteiger charge is 2.49. The molecule has 1 aromatic carbocycles. The van der Waals surface area contributed by atoms with Crippen LogP contribution in [0.1, 0.15) is 18.9 Å². The summed E-state index contributed by atoms with van der Waals surface area (Å²) in [7, 11) is 0. The van der Waals surface area contributed by atoms with Crippen molar-refractivity contribution in [1.29, 1.82) is 0 Å². The molecule has 0 unspecified atom stereocenters. The first-order valence-electron chi connectivity index (χ1n) is 8.70. The molecule has 2 aromatic rings. The summed E-state index contributed by atoms with van der Waals surface area (Å²) in [6.45, 7) is 2.36. The summed E-state index contributed by atoms with van der Waals surface area (Å²) < 4.78 is 14.0. The number of aromatic nitrogens is 4. The van der Waals surface area contributed by atoms with E-state index in [-0.39, 0.29) is 24.3 Å². The Morgan fingerprint density at radius 1 is 1.08 bits per heavy atom. The van der Waals surface area contributed by atoms with Crippen LogP contribution < -0.4 is 5.32 Å². The van der Waals surface area contributed by atoms with E-state index >= 15 is 0 Å². The third-order valence-electron chi connectivity index (χ3n) is 5.23. The molecular weight excluding hydrogens is 306 g/mol. The normalized spacial score (nSPS) is 32.2. The molecule has 0 amide bonds. The predicted octanol–water partition coefficient (Wildman–Crippen LogP) is 1.05. The van der Waals surface area contributed by atoms with Gasteiger partial charge in [0.15, 0.2) is 5.82 Å². The van der Waals surface area contributed by atoms with Crippen LogP contribution in [0, 0.1) is 5.92 Å². The quantitative estimate of drug-likeness (QED) is 0.885. The summed E-state index contributed by atoms with van der Waals surface area (Å²) in [4.78, 5) is 0. The van der Waals surface area contributed by atoms with E-state index in [0.717, 1.165) is 23.9 Å². The highest BCUT2D eigenvalue weighted by atomic mass is 16.6. The third-order valence-corrected chi connectivity index (χ3v) is 5.23. The summed E-state index contributed by atoms with van der Waals surface area (Å²) >= 11 is 0. The SMILES string of the molecule is c1ccc(-c2nnnn2[C@@H]2CO[C@@H]3[C@@H]2OC[C@@H]3NCC2CC2)cc1. The highest BCUT2D eigenvalue weighted by molar-refractivity contribution is 5.54. The lowest BCUT2D eigenvalue weighted by atomic mass is 10.1. The topological polar surface area (TPSA) is 74.1 Å². The van der Waals surface area contributed by atoms with Crippen LogP contribution in [0.15, 0.2) is 30.3 Å². The van der Waals surface area contributed by atoms with Gasteiger partial charge in [0.25, 0.3) is 0 Å². The fourth-order valence-electron chi connectivity index (χ4n) is 3.70. The lowest BCUT2D eigenvalue weighted by Crippen LogP contribution is -2.41. The van der Waals surface area contributed by atoms with Gasteiger partial charge in [-0.1, -0.05) is 30.3 Å². The summed E-state index contributed by atoms with van der Waals surface area (Å²) in [5.74, 6) is 1.62. The van der Waals surface area contributed by atoms with Crippen molar-refractivity contribution in [2.75, 3.05) is 19.8 Å². The fraction of sp³-hybridized carbons (Fsp3) is 0.588. The summed E-state index contributed by atoms with van der Waals surface area (Å²) in [5.41, 5.74) is 1.01. The fourth-order valence-corrected chi connectivity index (χ4v) is 3.70. The number of nitrogens with one attached hydrogen (secondary N) is 1. The van der Waals surface area contributed by atoms with Crippen molar-refractivity contribution < 1.29 is 9.47 Å². The Bertz CT molecular complexity index is 702. The Labute approximate surface area is 140 Å². The molecule has 3 heterocycles. The molecule has 7 heteroatoms. The molecule has 1 N–H and O–H groups in total. The van der Waals surface area contributed by atoms with E-state index in [4.69, 9.17) is 9.47 Å². The molecule has 3 fully saturated rings. The van der Waals surface area contributed by atoms with Gasteiger partial charge in [-0.3, -0.25) is 0 Å². The molecule has 3 aliphatic rings. The number of hydrogen-bond donors (Lipinski definition) is 1. The van der Waals surface area contributed by atoms with Gasteiger partial charge in [0.05, 0.1) is 19.3 Å². The summed E-state index contributed by atoms with van der Waals surface area (Å²) in [6.07, 6.45) is 2.79. The highest BCUT2D eigenvalue weighted by Crippen LogP contribution is 2.36. The second-order valence-corrected chi connectivity index (χ2v) is 6.93. The number of benzene rings is 1. The minimum absolute atomic E-state index is 0.00710. The number of nitrogens with zero attached hydrogens (tertiary/aromatic N) is 4. The van der Waals surface area contributed by atoms with Crippen molar-refractivity contribution in [1.82, 2.24) is 25.5 Å². The lowest BCUT2D eigenvalue weighted by Gasteiger charge is -2.18. The minimum atomic E-state index is 0.00710. The van der Waals surface area contributed by atoms with E-state index in [1.54, 1.807) is 0 Å². The molecule has 1 aromatic heterocycles. The maximum absolute atomic E-state index is 6.07. The average Bonchev–Trinajstić information content (AvgIpc) is 3.01. The second-order valence-electron chi connectivity index (χ2n) is 6.93. The lowest BCUT2D eigenvalue weighted by molar-refractivity contribution is 0.0621. The number of tetrazole rings is 1. The van der Waals surface area contributed by atoms with Crippen molar-refractivity contribution in [3.63, 3.8) is 0 Å². The van der Waals surface area contributed by atoms with Crippen molar-refractivity contribution in [3.8, 4) is 11.4 Å². The van der Waals surface area contributed by atoms with E-state index in [1.165, 1.54) is 12.8 Å². The molecule has 7 nitrogen and oxygen atoms in total. The Morgan fingerprint density at radius 2 is 1.92 bits per heavy atom. The third kappa shape index (κ3) is 2.53. The van der Waals surface area contributed by atoms with Crippen LogP contribution in [-0.2, 0) is 9.47 Å². The van der Waals surface area contributed by atoms with Crippen LogP contribution in [-0.4, -0.2) is 58.2 Å². The molecule has 1 saturated carbocycles. The Hall–Kier alpha value is -1.83. The molecule has 24 heavy (non-hydrogen) atoms. The van der Waals surface area contributed by atoms with Crippen molar-refractivity contribution >= 4 is 0 Å². The first-order valence-corrected chi connectivity index (χ1v) is 8.70. The molecule has 2 saturated heterocycles. The standard InChI is InChI=1S/C17H21N5O2/c1-2-4-12(5-3-1)17-19-20-21-22(17)14-10-24-15-13(9-23-16(14)15)18-8-11-6-7-11/h1-5,11,13-16,18H,6-10H2/t13-,14+,15-,16+/m0/s1. The largest absolute Gasteiger partial charge is 0.371 e. The molecule has 126 valence electrons. The summed E-state index contributed by atoms with van der Waals surface area (Å²) in [6, 6.07) is 10.3. The zero-order valence-electron chi connectivity index (χ0n) is 13.4. The molecule has 0 bridgehead atoms. The van der Waals surface area contributed by atoms with Crippen LogP contribution in [0.2, 0.25) is 0 Å². The van der Waals surface area contributed by atoms with Gasteiger partial charge in [0.1, 0.15) is 18.2 Å². The molecular formula is C17H21N5O2. The van der Waals surface area contributed by atoms with Gasteiger partial charge in [-0.2, -0.15) is 0 Å². The van der Waals surface area contributed by atoms with E-state index in [0.29, 0.717) is 13.2 Å². The van der Waals surface area contributed by atoms with Crippen LogP contribution in [0.3, 0.4) is 0 Å². The molecule has 1 aliphatic carbocycles. The van der Waals surface area contributed by atoms with Crippen molar-refractivity contribution in [2.45, 2.75) is 37.1 Å². The van der Waals surface area contributed by atoms with Crippen molar-refractivity contribution in [2.24, 2.45) is 5.92 Å². The monoisotopic (exact) mass is 327 g/mol. The van der Waals surface area contributed by atoms with Gasteiger partial charge in [0.2, 0.25) is 0 Å². The van der Waals surface area contributed by atoms with Crippen molar-refractivity contribution in [3.05, 3.63) is 30.3 Å². The number of rotatable bonds is 5. The Kier molecular flexibility index (Phi) is 3.57. The first kappa shape index (κ1) is 14.5. The van der Waals surface area contributed by atoms with Gasteiger partial charge in [0, 0.05) is 5.56 Å². The van der Waals surface area contributed by atoms with Gasteiger partial charge < -0.3 is 14.8 Å². The number of fused-ring (bicyclic) bond motifs is 1.